The maximum absolute atomic E-state index is 11.9. The van der Waals surface area contributed by atoms with Crippen molar-refractivity contribution in [1.82, 2.24) is 4.98 Å². The highest BCUT2D eigenvalue weighted by Gasteiger charge is 2.43. The molecule has 2 aliphatic rings. The Kier molecular flexibility index (Phi) is 3.28. The molecular formula is C18H22N2O2. The minimum Gasteiger partial charge on any atom is -0.483 e. The van der Waals surface area contributed by atoms with E-state index in [2.05, 4.69) is 11.6 Å². The quantitative estimate of drug-likeness (QED) is 0.892. The highest BCUT2D eigenvalue weighted by molar-refractivity contribution is 5.96. The summed E-state index contributed by atoms with van der Waals surface area (Å²) in [5, 5.41) is 0. The van der Waals surface area contributed by atoms with E-state index in [1.54, 1.807) is 6.08 Å². The maximum atomic E-state index is 11.9. The van der Waals surface area contributed by atoms with Crippen molar-refractivity contribution in [3.8, 4) is 0 Å². The van der Waals surface area contributed by atoms with Gasteiger partial charge < -0.3 is 15.5 Å². The molecule has 1 aliphatic carbocycles. The number of nitrogens with two attached hydrogens (primary N) is 1. The van der Waals surface area contributed by atoms with Crippen molar-refractivity contribution in [3.63, 3.8) is 0 Å². The molecule has 0 unspecified atom stereocenters. The van der Waals surface area contributed by atoms with E-state index in [0.29, 0.717) is 11.6 Å². The van der Waals surface area contributed by atoms with E-state index in [4.69, 9.17) is 10.5 Å². The zero-order valence-electron chi connectivity index (χ0n) is 13.3. The molecule has 0 spiro atoms. The molecule has 1 aliphatic heterocycles. The van der Waals surface area contributed by atoms with Gasteiger partial charge in [-0.25, -0.2) is 0 Å². The van der Waals surface area contributed by atoms with Crippen LogP contribution in [0, 0.1) is 0 Å². The molecule has 116 valence electrons. The highest BCUT2D eigenvalue weighted by Crippen LogP contribution is 2.52. The number of carbonyl (C=O) groups excluding carboxylic acids is 1. The van der Waals surface area contributed by atoms with Gasteiger partial charge in [0.2, 0.25) is 0 Å². The minimum atomic E-state index is -0.502. The summed E-state index contributed by atoms with van der Waals surface area (Å²) < 4.78 is 6.20. The normalized spacial score (nSPS) is 23.2. The van der Waals surface area contributed by atoms with Crippen LogP contribution in [0.15, 0.2) is 30.6 Å². The first-order chi connectivity index (χ1) is 10.4. The fourth-order valence-electron chi connectivity index (χ4n) is 3.32. The lowest BCUT2D eigenvalue weighted by Crippen LogP contribution is -2.28. The van der Waals surface area contributed by atoms with Crippen LogP contribution < -0.4 is 5.73 Å². The first-order valence-electron chi connectivity index (χ1n) is 7.65. The molecule has 0 atom stereocenters. The number of aromatic nitrogens is 1. The predicted octanol–water partition coefficient (Wildman–Crippen LogP) is 3.73. The summed E-state index contributed by atoms with van der Waals surface area (Å²) in [5.74, 6) is 0.784. The molecule has 1 fully saturated rings. The first kappa shape index (κ1) is 14.7. The van der Waals surface area contributed by atoms with E-state index in [0.717, 1.165) is 41.0 Å². The molecule has 1 saturated carbocycles. The second kappa shape index (κ2) is 4.90. The second-order valence-corrected chi connectivity index (χ2v) is 6.38. The molecule has 4 heteroatoms. The van der Waals surface area contributed by atoms with Crippen molar-refractivity contribution in [2.45, 2.75) is 45.1 Å². The number of primary amides is 1. The van der Waals surface area contributed by atoms with Gasteiger partial charge in [-0.3, -0.25) is 4.79 Å². The Balaban J connectivity index is 2.33. The van der Waals surface area contributed by atoms with Crippen LogP contribution in [-0.2, 0) is 10.3 Å². The molecule has 1 amide bonds. The molecule has 1 aromatic heterocycles. The van der Waals surface area contributed by atoms with Crippen molar-refractivity contribution in [1.29, 1.82) is 0 Å². The van der Waals surface area contributed by atoms with Gasteiger partial charge in [-0.15, -0.1) is 0 Å². The van der Waals surface area contributed by atoms with Gasteiger partial charge in [0.15, 0.2) is 0 Å². The van der Waals surface area contributed by atoms with Crippen LogP contribution in [0.4, 0.5) is 0 Å². The fraction of sp³-hybridized carbons (Fsp3) is 0.389. The van der Waals surface area contributed by atoms with E-state index in [-0.39, 0.29) is 0 Å². The second-order valence-electron chi connectivity index (χ2n) is 6.38. The van der Waals surface area contributed by atoms with Crippen molar-refractivity contribution in [3.05, 3.63) is 53.1 Å². The molecule has 0 bridgehead atoms. The van der Waals surface area contributed by atoms with Crippen molar-refractivity contribution < 1.29 is 9.53 Å². The number of rotatable bonds is 3. The van der Waals surface area contributed by atoms with E-state index in [1.165, 1.54) is 0 Å². The van der Waals surface area contributed by atoms with Gasteiger partial charge in [-0.1, -0.05) is 12.7 Å². The first-order valence-corrected chi connectivity index (χ1v) is 7.65. The molecular weight excluding hydrogens is 276 g/mol. The van der Waals surface area contributed by atoms with Crippen molar-refractivity contribution in [2.24, 2.45) is 5.73 Å². The summed E-state index contributed by atoms with van der Waals surface area (Å²) in [6.07, 6.45) is 7.75. The standard InChI is InChI=1S/C18H22N2O2/c1-5-7-11-12(6-2)22-18(3,4)14-13(10-8-9-10)16(17(19)21)20-15(11)14/h5-7,10,20H,1,8-9H2,2-4H3,(H2,19,21)/b11-7+,12-6+. The zero-order chi connectivity index (χ0) is 16.1. The number of nitrogens with one attached hydrogen (secondary N) is 1. The summed E-state index contributed by atoms with van der Waals surface area (Å²) in [4.78, 5) is 15.2. The van der Waals surface area contributed by atoms with Crippen LogP contribution in [0.5, 0.6) is 0 Å². The number of allylic oxidation sites excluding steroid dienone is 4. The summed E-state index contributed by atoms with van der Waals surface area (Å²) in [6.45, 7) is 9.78. The largest absolute Gasteiger partial charge is 0.483 e. The topological polar surface area (TPSA) is 68.1 Å². The SMILES string of the molecule is C=C/C=C1\C(=C/C)OC(C)(C)c2c1[nH]c(C(N)=O)c2C1CC1. The monoisotopic (exact) mass is 298 g/mol. The van der Waals surface area contributed by atoms with Gasteiger partial charge in [0.05, 0.1) is 5.69 Å². The number of hydrogen-bond acceptors (Lipinski definition) is 2. The van der Waals surface area contributed by atoms with Gasteiger partial charge in [-0.2, -0.15) is 0 Å². The average Bonchev–Trinajstić information content (AvgIpc) is 3.20. The smallest absolute Gasteiger partial charge is 0.265 e. The number of ether oxygens (including phenoxy) is 1. The lowest BCUT2D eigenvalue weighted by Gasteiger charge is -2.35. The number of H-pyrrole nitrogens is 1. The zero-order valence-corrected chi connectivity index (χ0v) is 13.3. The molecule has 2 heterocycles. The van der Waals surface area contributed by atoms with E-state index < -0.39 is 11.5 Å². The van der Waals surface area contributed by atoms with Crippen LogP contribution in [0.2, 0.25) is 0 Å². The number of fused-ring (bicyclic) bond motifs is 1. The maximum Gasteiger partial charge on any atom is 0.265 e. The number of carbonyl (C=O) groups is 1. The molecule has 1 aromatic rings. The fourth-order valence-corrected chi connectivity index (χ4v) is 3.32. The Morgan fingerprint density at radius 2 is 2.14 bits per heavy atom. The minimum absolute atomic E-state index is 0.405. The Bertz CT molecular complexity index is 716. The average molecular weight is 298 g/mol. The third-order valence-corrected chi connectivity index (χ3v) is 4.32. The lowest BCUT2D eigenvalue weighted by atomic mass is 9.85. The Morgan fingerprint density at radius 1 is 1.45 bits per heavy atom. The summed E-state index contributed by atoms with van der Waals surface area (Å²) in [5.41, 5.74) is 9.57. The molecule has 0 aromatic carbocycles. The van der Waals surface area contributed by atoms with Gasteiger partial charge in [-0.05, 0) is 57.2 Å². The van der Waals surface area contributed by atoms with E-state index in [1.807, 2.05) is 32.9 Å². The highest BCUT2D eigenvalue weighted by atomic mass is 16.5. The number of amides is 1. The van der Waals surface area contributed by atoms with Gasteiger partial charge >= 0.3 is 0 Å². The van der Waals surface area contributed by atoms with Crippen molar-refractivity contribution >= 4 is 11.5 Å². The Labute approximate surface area is 130 Å². The molecule has 22 heavy (non-hydrogen) atoms. The molecule has 0 saturated heterocycles. The molecule has 0 radical (unpaired) electrons. The van der Waals surface area contributed by atoms with Gasteiger partial charge in [0.25, 0.3) is 5.91 Å². The molecule has 3 N–H and O–H groups in total. The summed E-state index contributed by atoms with van der Waals surface area (Å²) >= 11 is 0. The van der Waals surface area contributed by atoms with Crippen LogP contribution in [0.1, 0.15) is 66.8 Å². The lowest BCUT2D eigenvalue weighted by molar-refractivity contribution is 0.0345. The van der Waals surface area contributed by atoms with E-state index >= 15 is 0 Å². The number of hydrogen-bond donors (Lipinski definition) is 2. The van der Waals surface area contributed by atoms with Crippen LogP contribution in [0.3, 0.4) is 0 Å². The molecule has 4 nitrogen and oxygen atoms in total. The number of aromatic amines is 1. The molecule has 3 rings (SSSR count). The van der Waals surface area contributed by atoms with Gasteiger partial charge in [0.1, 0.15) is 17.1 Å². The predicted molar refractivity (Wildman–Crippen MR) is 87.3 cm³/mol. The third-order valence-electron chi connectivity index (χ3n) is 4.32. The van der Waals surface area contributed by atoms with Gasteiger partial charge in [0, 0.05) is 11.1 Å². The summed E-state index contributed by atoms with van der Waals surface area (Å²) in [6, 6.07) is 0. The third kappa shape index (κ3) is 2.10. The Hall–Kier alpha value is -2.23. The van der Waals surface area contributed by atoms with E-state index in [9.17, 15) is 4.79 Å². The van der Waals surface area contributed by atoms with Crippen LogP contribution in [0.25, 0.3) is 5.57 Å². The van der Waals surface area contributed by atoms with Crippen LogP contribution in [-0.4, -0.2) is 10.9 Å². The Morgan fingerprint density at radius 3 is 2.64 bits per heavy atom. The van der Waals surface area contributed by atoms with Crippen LogP contribution >= 0.6 is 0 Å². The van der Waals surface area contributed by atoms with Crippen molar-refractivity contribution in [2.75, 3.05) is 0 Å². The summed E-state index contributed by atoms with van der Waals surface area (Å²) in [7, 11) is 0.